The maximum atomic E-state index is 12.7. The highest BCUT2D eigenvalue weighted by molar-refractivity contribution is 5.87. The first kappa shape index (κ1) is 39.6. The molecule has 3 aromatic rings. The second-order valence-corrected chi connectivity index (χ2v) is 15.6. The highest BCUT2D eigenvalue weighted by atomic mass is 16.5. The minimum absolute atomic E-state index is 0.00320. The molecule has 5 N–H and O–H groups in total. The van der Waals surface area contributed by atoms with Gasteiger partial charge in [-0.2, -0.15) is 0 Å². The molecule has 2 aromatic carbocycles. The zero-order valence-corrected chi connectivity index (χ0v) is 31.5. The van der Waals surface area contributed by atoms with Gasteiger partial charge in [-0.25, -0.2) is 4.79 Å². The number of amides is 3. The smallest absolute Gasteiger partial charge is 0.315 e. The first-order valence-corrected chi connectivity index (χ1v) is 19.3. The number of aliphatic hydroxyl groups excluding tert-OH is 3. The summed E-state index contributed by atoms with van der Waals surface area (Å²) < 4.78 is 8.35. The Labute approximate surface area is 309 Å². The van der Waals surface area contributed by atoms with Gasteiger partial charge in [0.15, 0.2) is 0 Å². The van der Waals surface area contributed by atoms with E-state index in [1.54, 1.807) is 0 Å². The van der Waals surface area contributed by atoms with Crippen molar-refractivity contribution >= 4 is 22.8 Å². The van der Waals surface area contributed by atoms with Crippen LogP contribution in [0.3, 0.4) is 0 Å². The minimum Gasteiger partial charge on any atom is -0.494 e. The fourth-order valence-corrected chi connectivity index (χ4v) is 7.91. The van der Waals surface area contributed by atoms with E-state index in [-0.39, 0.29) is 36.9 Å². The van der Waals surface area contributed by atoms with Crippen LogP contribution in [0.2, 0.25) is 0 Å². The number of nitrogens with zero attached hydrogens (tertiary/aromatic N) is 3. The van der Waals surface area contributed by atoms with Gasteiger partial charge in [-0.3, -0.25) is 4.79 Å². The van der Waals surface area contributed by atoms with Crippen molar-refractivity contribution in [1.82, 2.24) is 25.0 Å². The van der Waals surface area contributed by atoms with E-state index in [0.717, 1.165) is 69.7 Å². The van der Waals surface area contributed by atoms with Gasteiger partial charge in [-0.05, 0) is 105 Å². The van der Waals surface area contributed by atoms with Gasteiger partial charge in [-0.15, -0.1) is 0 Å². The molecule has 11 heteroatoms. The van der Waals surface area contributed by atoms with Crippen molar-refractivity contribution in [3.05, 3.63) is 65.4 Å². The summed E-state index contributed by atoms with van der Waals surface area (Å²) in [4.78, 5) is 29.2. The van der Waals surface area contributed by atoms with E-state index in [2.05, 4.69) is 75.7 Å². The number of benzene rings is 2. The van der Waals surface area contributed by atoms with E-state index in [9.17, 15) is 19.8 Å². The van der Waals surface area contributed by atoms with E-state index in [4.69, 9.17) is 9.84 Å². The summed E-state index contributed by atoms with van der Waals surface area (Å²) in [6.45, 7) is 12.5. The molecule has 0 aliphatic carbocycles. The van der Waals surface area contributed by atoms with Gasteiger partial charge in [-0.1, -0.05) is 38.1 Å². The molecule has 0 saturated carbocycles. The number of fused-ring (bicyclic) bond motifs is 1. The third-order valence-electron chi connectivity index (χ3n) is 10.8. The summed E-state index contributed by atoms with van der Waals surface area (Å²) in [5.74, 6) is 1.24. The maximum Gasteiger partial charge on any atom is 0.315 e. The molecule has 0 bridgehead atoms. The van der Waals surface area contributed by atoms with E-state index in [1.165, 1.54) is 34.9 Å². The second-order valence-electron chi connectivity index (χ2n) is 15.6. The number of hydrogen-bond acceptors (Lipinski definition) is 7. The lowest BCUT2D eigenvalue weighted by Gasteiger charge is -2.47. The largest absolute Gasteiger partial charge is 0.494 e. The van der Waals surface area contributed by atoms with E-state index >= 15 is 0 Å². The third-order valence-corrected chi connectivity index (χ3v) is 10.8. The molecule has 2 aliphatic rings. The lowest BCUT2D eigenvalue weighted by atomic mass is 9.72. The van der Waals surface area contributed by atoms with Crippen LogP contribution in [-0.2, 0) is 17.8 Å². The van der Waals surface area contributed by atoms with Gasteiger partial charge in [0.2, 0.25) is 5.91 Å². The van der Waals surface area contributed by atoms with Gasteiger partial charge in [0.1, 0.15) is 5.75 Å². The number of carbonyl (C=O) groups is 2. The Morgan fingerprint density at radius 1 is 0.962 bits per heavy atom. The number of urea groups is 1. The Kier molecular flexibility index (Phi) is 14.4. The van der Waals surface area contributed by atoms with E-state index < -0.39 is 12.2 Å². The van der Waals surface area contributed by atoms with Crippen molar-refractivity contribution in [2.24, 2.45) is 11.3 Å². The number of rotatable bonds is 17. The summed E-state index contributed by atoms with van der Waals surface area (Å²) in [6.07, 6.45) is 7.44. The molecule has 0 unspecified atom stereocenters. The monoisotopic (exact) mass is 719 g/mol. The minimum atomic E-state index is -0.899. The molecule has 3 heterocycles. The van der Waals surface area contributed by atoms with Crippen LogP contribution in [0.25, 0.3) is 10.9 Å². The third kappa shape index (κ3) is 11.2. The molecule has 1 spiro atoms. The number of ether oxygens (including phenoxy) is 1. The maximum absolute atomic E-state index is 12.7. The quantitative estimate of drug-likeness (QED) is 0.130. The van der Waals surface area contributed by atoms with Crippen LogP contribution in [0.15, 0.2) is 48.7 Å². The van der Waals surface area contributed by atoms with Crippen molar-refractivity contribution in [3.8, 4) is 5.75 Å². The molecule has 2 fully saturated rings. The molecule has 286 valence electrons. The number of aliphatic hydroxyl groups is 3. The van der Waals surface area contributed by atoms with Crippen LogP contribution >= 0.6 is 0 Å². The van der Waals surface area contributed by atoms with Crippen LogP contribution in [0.5, 0.6) is 5.75 Å². The van der Waals surface area contributed by atoms with Gasteiger partial charge < -0.3 is 45.1 Å². The first-order valence-electron chi connectivity index (χ1n) is 19.3. The van der Waals surface area contributed by atoms with Gasteiger partial charge in [0, 0.05) is 62.8 Å². The summed E-state index contributed by atoms with van der Waals surface area (Å²) in [5, 5.41) is 35.9. The van der Waals surface area contributed by atoms with Gasteiger partial charge in [0.05, 0.1) is 32.0 Å². The Hall–Kier alpha value is -3.64. The number of aryl methyl sites for hydroxylation is 2. The summed E-state index contributed by atoms with van der Waals surface area (Å²) in [7, 11) is 0. The fourth-order valence-electron chi connectivity index (χ4n) is 7.91. The topological polar surface area (TPSA) is 140 Å². The van der Waals surface area contributed by atoms with Crippen molar-refractivity contribution in [3.63, 3.8) is 0 Å². The van der Waals surface area contributed by atoms with E-state index in [1.807, 2.05) is 18.7 Å². The Morgan fingerprint density at radius 2 is 1.73 bits per heavy atom. The molecule has 1 aromatic heterocycles. The van der Waals surface area contributed by atoms with Crippen molar-refractivity contribution < 1.29 is 29.6 Å². The molecular weight excluding hydrogens is 658 g/mol. The van der Waals surface area contributed by atoms with Gasteiger partial charge >= 0.3 is 6.03 Å². The molecule has 11 nitrogen and oxygen atoms in total. The predicted molar refractivity (Wildman–Crippen MR) is 205 cm³/mol. The highest BCUT2D eigenvalue weighted by Crippen LogP contribution is 2.40. The lowest BCUT2D eigenvalue weighted by molar-refractivity contribution is -0.133. The highest BCUT2D eigenvalue weighted by Gasteiger charge is 2.39. The SMILES string of the molecule is Cc1cccc2c1c(Cc1ccc(OCCCN3CCCC4(CCN(C(=O)CNC(=O)NCC(C)C)CC4)C3)cc1)cn2CC[C@@H](O)C[C@H](O)CO. The number of piperidine rings is 2. The normalized spacial score (nSPS) is 17.4. The number of aromatic nitrogens is 1. The summed E-state index contributed by atoms with van der Waals surface area (Å²) >= 11 is 0. The lowest BCUT2D eigenvalue weighted by Crippen LogP contribution is -2.52. The van der Waals surface area contributed by atoms with Crippen molar-refractivity contribution in [1.29, 1.82) is 0 Å². The zero-order valence-electron chi connectivity index (χ0n) is 31.5. The van der Waals surface area contributed by atoms with Crippen LogP contribution in [0.1, 0.15) is 75.5 Å². The number of hydrogen-bond donors (Lipinski definition) is 5. The molecule has 52 heavy (non-hydrogen) atoms. The molecule has 2 atom stereocenters. The molecule has 2 aliphatic heterocycles. The van der Waals surface area contributed by atoms with Crippen LogP contribution in [0, 0.1) is 18.3 Å². The average molecular weight is 720 g/mol. The van der Waals surface area contributed by atoms with Gasteiger partial charge in [0.25, 0.3) is 0 Å². The number of nitrogens with one attached hydrogen (secondary N) is 2. The van der Waals surface area contributed by atoms with Crippen LogP contribution < -0.4 is 15.4 Å². The number of carbonyl (C=O) groups excluding carboxylic acids is 2. The first-order chi connectivity index (χ1) is 25.0. The zero-order chi connectivity index (χ0) is 37.1. The summed E-state index contributed by atoms with van der Waals surface area (Å²) in [6, 6.07) is 14.4. The predicted octanol–water partition coefficient (Wildman–Crippen LogP) is 4.46. The van der Waals surface area contributed by atoms with Crippen molar-refractivity contribution in [2.45, 2.75) is 90.9 Å². The van der Waals surface area contributed by atoms with Crippen LogP contribution in [-0.4, -0.2) is 113 Å². The standard InChI is InChI=1S/C41H61N5O6/c1-30(2)25-42-40(51)43-26-38(50)45-20-15-41(16-21-45)14-5-17-44(29-41)18-6-22-52-36-11-9-32(10-12-36)23-33-27-46(19-13-34(48)24-35(49)28-47)37-8-4-7-31(3)39(33)37/h4,7-12,27,30,34-35,47-49H,5-6,13-26,28-29H2,1-3H3,(H2,42,43,51)/t34-,35+/m1/s1. The Morgan fingerprint density at radius 3 is 2.46 bits per heavy atom. The molecule has 2 saturated heterocycles. The van der Waals surface area contributed by atoms with E-state index in [0.29, 0.717) is 32.0 Å². The Bertz CT molecular complexity index is 1580. The second kappa shape index (κ2) is 18.9. The molecule has 3 amide bonds. The number of likely N-dealkylation sites (tertiary alicyclic amines) is 2. The van der Waals surface area contributed by atoms with Crippen molar-refractivity contribution in [2.75, 3.05) is 59.0 Å². The Balaban J connectivity index is 1.04. The molecular formula is C41H61N5O6. The molecule has 5 rings (SSSR count). The fraction of sp³-hybridized carbons (Fsp3) is 0.610. The van der Waals surface area contributed by atoms with Crippen LogP contribution in [0.4, 0.5) is 4.79 Å². The summed E-state index contributed by atoms with van der Waals surface area (Å²) in [5.41, 5.74) is 5.06. The average Bonchev–Trinajstić information content (AvgIpc) is 3.49. The molecule has 0 radical (unpaired) electrons.